The van der Waals surface area contributed by atoms with Crippen LogP contribution in [-0.4, -0.2) is 52.7 Å². The van der Waals surface area contributed by atoms with Gasteiger partial charge in [-0.2, -0.15) is 0 Å². The van der Waals surface area contributed by atoms with Crippen molar-refractivity contribution in [2.45, 2.75) is 58.2 Å². The number of hydrogen-bond donors (Lipinski definition) is 0. The van der Waals surface area contributed by atoms with Crippen molar-refractivity contribution in [3.8, 4) is 0 Å². The van der Waals surface area contributed by atoms with E-state index < -0.39 is 5.60 Å². The summed E-state index contributed by atoms with van der Waals surface area (Å²) in [5.74, 6) is 0. The van der Waals surface area contributed by atoms with E-state index in [1.807, 2.05) is 50.1 Å². The molecule has 0 N–H and O–H groups in total. The molecule has 0 aromatic carbocycles. The summed E-state index contributed by atoms with van der Waals surface area (Å²) in [5, 5.41) is 0. The van der Waals surface area contributed by atoms with E-state index in [0.717, 1.165) is 38.2 Å². The number of likely N-dealkylation sites (tertiary alicyclic amines) is 1. The minimum atomic E-state index is -0.445. The van der Waals surface area contributed by atoms with Crippen molar-refractivity contribution < 1.29 is 9.53 Å². The monoisotopic (exact) mass is 319 g/mol. The Kier molecular flexibility index (Phi) is 5.99. The number of ether oxygens (including phenoxy) is 1. The van der Waals surface area contributed by atoms with Gasteiger partial charge in [0.05, 0.1) is 5.69 Å². The summed E-state index contributed by atoms with van der Waals surface area (Å²) in [4.78, 5) is 20.9. The fourth-order valence-electron chi connectivity index (χ4n) is 2.94. The fourth-order valence-corrected chi connectivity index (χ4v) is 2.94. The minimum absolute atomic E-state index is 0.187. The highest BCUT2D eigenvalue weighted by atomic mass is 16.6. The van der Waals surface area contributed by atoms with Crippen molar-refractivity contribution in [1.29, 1.82) is 0 Å². The zero-order valence-electron chi connectivity index (χ0n) is 14.8. The first-order chi connectivity index (χ1) is 10.8. The van der Waals surface area contributed by atoms with E-state index in [4.69, 9.17) is 4.74 Å². The average molecular weight is 319 g/mol. The third-order valence-corrected chi connectivity index (χ3v) is 3.94. The van der Waals surface area contributed by atoms with Crippen LogP contribution in [0.25, 0.3) is 0 Å². The summed E-state index contributed by atoms with van der Waals surface area (Å²) in [6.07, 6.45) is 4.89. The van der Waals surface area contributed by atoms with Crippen LogP contribution in [0.3, 0.4) is 0 Å². The normalized spacial score (nSPS) is 19.0. The highest BCUT2D eigenvalue weighted by molar-refractivity contribution is 5.68. The van der Waals surface area contributed by atoms with E-state index in [2.05, 4.69) is 16.9 Å². The van der Waals surface area contributed by atoms with Gasteiger partial charge in [-0.05, 0) is 59.2 Å². The molecule has 1 atom stereocenters. The maximum absolute atomic E-state index is 12.4. The topological polar surface area (TPSA) is 45.7 Å². The molecule has 0 spiro atoms. The van der Waals surface area contributed by atoms with Gasteiger partial charge in [-0.3, -0.25) is 9.88 Å². The number of hydrogen-bond acceptors (Lipinski definition) is 4. The van der Waals surface area contributed by atoms with Crippen LogP contribution in [0.4, 0.5) is 4.79 Å². The Morgan fingerprint density at radius 3 is 2.83 bits per heavy atom. The van der Waals surface area contributed by atoms with Crippen LogP contribution < -0.4 is 0 Å². The van der Waals surface area contributed by atoms with E-state index in [0.29, 0.717) is 0 Å². The first-order valence-electron chi connectivity index (χ1n) is 8.43. The number of carbonyl (C=O) groups is 1. The highest BCUT2D eigenvalue weighted by Crippen LogP contribution is 2.21. The molecule has 1 unspecified atom stereocenters. The lowest BCUT2D eigenvalue weighted by Gasteiger charge is -2.38. The minimum Gasteiger partial charge on any atom is -0.444 e. The van der Waals surface area contributed by atoms with E-state index in [-0.39, 0.29) is 12.1 Å². The van der Waals surface area contributed by atoms with Crippen molar-refractivity contribution in [2.24, 2.45) is 0 Å². The molecule has 1 aromatic rings. The zero-order valence-corrected chi connectivity index (χ0v) is 14.8. The lowest BCUT2D eigenvalue weighted by molar-refractivity contribution is 0.00583. The Morgan fingerprint density at radius 2 is 2.17 bits per heavy atom. The van der Waals surface area contributed by atoms with Crippen molar-refractivity contribution in [3.05, 3.63) is 30.1 Å². The molecular formula is C18H29N3O2. The van der Waals surface area contributed by atoms with Crippen LogP contribution in [0.5, 0.6) is 0 Å². The summed E-state index contributed by atoms with van der Waals surface area (Å²) in [7, 11) is 2.08. The molecule has 0 bridgehead atoms. The van der Waals surface area contributed by atoms with Gasteiger partial charge < -0.3 is 9.64 Å². The third kappa shape index (κ3) is 5.82. The van der Waals surface area contributed by atoms with Gasteiger partial charge >= 0.3 is 6.09 Å². The molecule has 5 heteroatoms. The van der Waals surface area contributed by atoms with E-state index >= 15 is 0 Å². The molecule has 2 heterocycles. The molecule has 0 saturated carbocycles. The molecule has 2 rings (SSSR count). The number of pyridine rings is 1. The molecule has 1 aliphatic heterocycles. The second-order valence-electron chi connectivity index (χ2n) is 7.34. The summed E-state index contributed by atoms with van der Waals surface area (Å²) < 4.78 is 5.56. The second kappa shape index (κ2) is 7.77. The number of piperidine rings is 1. The average Bonchev–Trinajstić information content (AvgIpc) is 2.47. The Morgan fingerprint density at radius 1 is 1.39 bits per heavy atom. The van der Waals surface area contributed by atoms with E-state index in [9.17, 15) is 4.79 Å². The van der Waals surface area contributed by atoms with Gasteiger partial charge in [-0.15, -0.1) is 0 Å². The van der Waals surface area contributed by atoms with Gasteiger partial charge in [0.25, 0.3) is 0 Å². The van der Waals surface area contributed by atoms with Crippen LogP contribution in [0.2, 0.25) is 0 Å². The van der Waals surface area contributed by atoms with Gasteiger partial charge in [0.1, 0.15) is 5.60 Å². The number of likely N-dealkylation sites (N-methyl/N-ethyl adjacent to an activating group) is 1. The molecule has 1 fully saturated rings. The van der Waals surface area contributed by atoms with Crippen LogP contribution in [0.15, 0.2) is 24.4 Å². The van der Waals surface area contributed by atoms with Crippen LogP contribution >= 0.6 is 0 Å². The van der Waals surface area contributed by atoms with Crippen LogP contribution in [0.1, 0.15) is 45.7 Å². The molecule has 0 aliphatic carbocycles. The number of rotatable bonds is 4. The maximum Gasteiger partial charge on any atom is 0.410 e. The van der Waals surface area contributed by atoms with Gasteiger partial charge in [0.2, 0.25) is 0 Å². The predicted octanol–water partition coefficient (Wildman–Crippen LogP) is 3.30. The molecule has 23 heavy (non-hydrogen) atoms. The Bertz CT molecular complexity index is 499. The predicted molar refractivity (Wildman–Crippen MR) is 91.2 cm³/mol. The number of amides is 1. The largest absolute Gasteiger partial charge is 0.444 e. The van der Waals surface area contributed by atoms with Gasteiger partial charge in [0.15, 0.2) is 0 Å². The van der Waals surface area contributed by atoms with Gasteiger partial charge in [-0.1, -0.05) is 6.07 Å². The van der Waals surface area contributed by atoms with Gasteiger partial charge in [-0.25, -0.2) is 4.79 Å². The fraction of sp³-hybridized carbons (Fsp3) is 0.667. The van der Waals surface area contributed by atoms with Crippen molar-refractivity contribution >= 4 is 6.09 Å². The second-order valence-corrected chi connectivity index (χ2v) is 7.34. The lowest BCUT2D eigenvalue weighted by Crippen LogP contribution is -2.50. The molecule has 1 aromatic heterocycles. The van der Waals surface area contributed by atoms with Crippen molar-refractivity contribution in [2.75, 3.05) is 20.1 Å². The lowest BCUT2D eigenvalue weighted by atomic mass is 10.0. The molecule has 128 valence electrons. The molecule has 0 radical (unpaired) electrons. The first-order valence-corrected chi connectivity index (χ1v) is 8.43. The first kappa shape index (κ1) is 17.7. The SMILES string of the molecule is CN(Cc1ccccn1)CC1CCCCN1C(=O)OC(C)(C)C. The summed E-state index contributed by atoms with van der Waals surface area (Å²) in [6.45, 7) is 8.16. The van der Waals surface area contributed by atoms with E-state index in [1.54, 1.807) is 0 Å². The molecule has 1 amide bonds. The highest BCUT2D eigenvalue weighted by Gasteiger charge is 2.31. The molecule has 5 nitrogen and oxygen atoms in total. The standard InChI is InChI=1S/C18H29N3O2/c1-18(2,3)23-17(22)21-12-8-6-10-16(21)14-20(4)13-15-9-5-7-11-19-15/h5,7,9,11,16H,6,8,10,12-14H2,1-4H3. The quantitative estimate of drug-likeness (QED) is 0.854. The summed E-state index contributed by atoms with van der Waals surface area (Å²) in [5.41, 5.74) is 0.605. The molecular weight excluding hydrogens is 290 g/mol. The summed E-state index contributed by atoms with van der Waals surface area (Å²) in [6, 6.07) is 6.18. The van der Waals surface area contributed by atoms with Crippen molar-refractivity contribution in [3.63, 3.8) is 0 Å². The van der Waals surface area contributed by atoms with E-state index in [1.165, 1.54) is 6.42 Å². The summed E-state index contributed by atoms with van der Waals surface area (Å²) >= 11 is 0. The zero-order chi connectivity index (χ0) is 16.9. The molecule has 1 saturated heterocycles. The number of aromatic nitrogens is 1. The van der Waals surface area contributed by atoms with Crippen molar-refractivity contribution in [1.82, 2.24) is 14.8 Å². The van der Waals surface area contributed by atoms with Crippen LogP contribution in [-0.2, 0) is 11.3 Å². The van der Waals surface area contributed by atoms with Gasteiger partial charge in [0, 0.05) is 31.9 Å². The Labute approximate surface area is 139 Å². The Hall–Kier alpha value is -1.62. The maximum atomic E-state index is 12.4. The third-order valence-electron chi connectivity index (χ3n) is 3.94. The number of carbonyl (C=O) groups excluding carboxylic acids is 1. The smallest absolute Gasteiger partial charge is 0.410 e. The van der Waals surface area contributed by atoms with Crippen LogP contribution in [0, 0.1) is 0 Å². The Balaban J connectivity index is 1.94. The molecule has 1 aliphatic rings. The number of nitrogens with zero attached hydrogens (tertiary/aromatic N) is 3.